The molecule has 8 heteroatoms. The van der Waals surface area contributed by atoms with Crippen LogP contribution in [0.2, 0.25) is 0 Å². The van der Waals surface area contributed by atoms with Gasteiger partial charge in [0.2, 0.25) is 0 Å². The quantitative estimate of drug-likeness (QED) is 0.612. The monoisotopic (exact) mass is 287 g/mol. The molecule has 1 aromatic rings. The van der Waals surface area contributed by atoms with Crippen LogP contribution in [0.3, 0.4) is 0 Å². The second kappa shape index (κ2) is 8.44. The molecule has 0 spiro atoms. The van der Waals surface area contributed by atoms with Gasteiger partial charge in [-0.1, -0.05) is 0 Å². The summed E-state index contributed by atoms with van der Waals surface area (Å²) in [4.78, 5) is 26.7. The second-order valence-electron chi connectivity index (χ2n) is 3.73. The highest BCUT2D eigenvalue weighted by Crippen LogP contribution is 2.10. The van der Waals surface area contributed by atoms with Crippen molar-refractivity contribution >= 4 is 23.3 Å². The molecule has 0 saturated heterocycles. The summed E-state index contributed by atoms with van der Waals surface area (Å²) in [6.07, 6.45) is -0.0309. The van der Waals surface area contributed by atoms with Crippen LogP contribution in [-0.4, -0.2) is 41.8 Å². The summed E-state index contributed by atoms with van der Waals surface area (Å²) in [5, 5.41) is 13.7. The number of carbonyl (C=O) groups excluding carboxylic acids is 1. The Bertz CT molecular complexity index is 422. The highest BCUT2D eigenvalue weighted by atomic mass is 32.1. The molecule has 3 N–H and O–H groups in total. The summed E-state index contributed by atoms with van der Waals surface area (Å²) in [7, 11) is 0. The minimum absolute atomic E-state index is 0.0309. The van der Waals surface area contributed by atoms with E-state index in [9.17, 15) is 9.59 Å². The Morgan fingerprint density at radius 2 is 2.21 bits per heavy atom. The van der Waals surface area contributed by atoms with Gasteiger partial charge in [0.15, 0.2) is 0 Å². The Hall–Kier alpha value is -1.67. The van der Waals surface area contributed by atoms with Crippen molar-refractivity contribution in [2.45, 2.75) is 19.9 Å². The van der Waals surface area contributed by atoms with Crippen LogP contribution >= 0.6 is 11.3 Å². The topological polar surface area (TPSA) is 101 Å². The first kappa shape index (κ1) is 15.4. The van der Waals surface area contributed by atoms with Crippen molar-refractivity contribution in [1.29, 1.82) is 0 Å². The number of carbonyl (C=O) groups is 2. The Labute approximate surface area is 115 Å². The van der Waals surface area contributed by atoms with Crippen LogP contribution in [0.1, 0.15) is 17.0 Å². The maximum atomic E-state index is 11.4. The van der Waals surface area contributed by atoms with Crippen LogP contribution in [0.15, 0.2) is 5.51 Å². The van der Waals surface area contributed by atoms with Gasteiger partial charge in [0.25, 0.3) is 0 Å². The molecular weight excluding hydrogens is 270 g/mol. The second-order valence-corrected chi connectivity index (χ2v) is 4.67. The van der Waals surface area contributed by atoms with Crippen LogP contribution < -0.4 is 10.6 Å². The van der Waals surface area contributed by atoms with Crippen molar-refractivity contribution in [2.75, 3.05) is 19.8 Å². The number of nitrogens with one attached hydrogen (secondary N) is 2. The number of carboxylic acid groups (broad SMARTS) is 1. The fourth-order valence-electron chi connectivity index (χ4n) is 1.22. The predicted molar refractivity (Wildman–Crippen MR) is 70.2 cm³/mol. The maximum Gasteiger partial charge on any atom is 0.315 e. The summed E-state index contributed by atoms with van der Waals surface area (Å²) < 4.78 is 5.03. The summed E-state index contributed by atoms with van der Waals surface area (Å²) in [5.41, 5.74) is 2.66. The molecule has 0 unspecified atom stereocenters. The number of nitrogens with zero attached hydrogens (tertiary/aromatic N) is 1. The predicted octanol–water partition coefficient (Wildman–Crippen LogP) is 0.742. The molecular formula is C11H17N3O4S. The summed E-state index contributed by atoms with van der Waals surface area (Å²) in [6, 6.07) is -0.283. The van der Waals surface area contributed by atoms with E-state index in [4.69, 9.17) is 9.84 Å². The summed E-state index contributed by atoms with van der Waals surface area (Å²) in [6.45, 7) is 3.12. The number of hydrogen-bond donors (Lipinski definition) is 3. The molecule has 0 fully saturated rings. The van der Waals surface area contributed by atoms with Gasteiger partial charge in [-0.3, -0.25) is 4.79 Å². The van der Waals surface area contributed by atoms with Gasteiger partial charge in [0.05, 0.1) is 37.4 Å². The number of aryl methyl sites for hydroxylation is 1. The molecule has 106 valence electrons. The number of carboxylic acids is 1. The lowest BCUT2D eigenvalue weighted by Gasteiger charge is -2.07. The Balaban J connectivity index is 2.02. The molecule has 0 aliphatic heterocycles. The fraction of sp³-hybridized carbons (Fsp3) is 0.545. The summed E-state index contributed by atoms with van der Waals surface area (Å²) >= 11 is 1.50. The molecule has 0 aliphatic rings. The van der Waals surface area contributed by atoms with E-state index < -0.39 is 5.97 Å². The zero-order valence-corrected chi connectivity index (χ0v) is 11.5. The fourth-order valence-corrected chi connectivity index (χ4v) is 1.93. The van der Waals surface area contributed by atoms with Crippen molar-refractivity contribution in [1.82, 2.24) is 15.6 Å². The SMILES string of the molecule is Cc1ncsc1CNC(=O)NCCOCCC(=O)O. The van der Waals surface area contributed by atoms with Gasteiger partial charge in [0, 0.05) is 11.4 Å². The molecule has 19 heavy (non-hydrogen) atoms. The normalized spacial score (nSPS) is 10.2. The molecule has 0 radical (unpaired) electrons. The molecule has 1 heterocycles. The number of aliphatic carboxylic acids is 1. The average molecular weight is 287 g/mol. The number of aromatic nitrogens is 1. The van der Waals surface area contributed by atoms with Gasteiger partial charge in [-0.25, -0.2) is 9.78 Å². The van der Waals surface area contributed by atoms with Gasteiger partial charge in [-0.2, -0.15) is 0 Å². The first-order chi connectivity index (χ1) is 9.09. The Morgan fingerprint density at radius 1 is 1.42 bits per heavy atom. The van der Waals surface area contributed by atoms with Crippen LogP contribution in [-0.2, 0) is 16.1 Å². The molecule has 0 atom stereocenters. The van der Waals surface area contributed by atoms with E-state index in [2.05, 4.69) is 15.6 Å². The van der Waals surface area contributed by atoms with Crippen LogP contribution in [0, 0.1) is 6.92 Å². The molecule has 0 aliphatic carbocycles. The molecule has 2 amide bonds. The Morgan fingerprint density at radius 3 is 2.84 bits per heavy atom. The largest absolute Gasteiger partial charge is 0.481 e. The molecule has 0 bridgehead atoms. The van der Waals surface area contributed by atoms with Crippen molar-refractivity contribution in [3.05, 3.63) is 16.1 Å². The zero-order valence-electron chi connectivity index (χ0n) is 10.6. The third-order valence-corrected chi connectivity index (χ3v) is 3.18. The highest BCUT2D eigenvalue weighted by Gasteiger charge is 2.04. The number of urea groups is 1. The Kier molecular flexibility index (Phi) is 6.83. The molecule has 1 rings (SSSR count). The number of rotatable bonds is 8. The van der Waals surface area contributed by atoms with E-state index in [-0.39, 0.29) is 19.1 Å². The summed E-state index contributed by atoms with van der Waals surface area (Å²) in [5.74, 6) is -0.898. The number of ether oxygens (including phenoxy) is 1. The molecule has 0 aromatic carbocycles. The average Bonchev–Trinajstić information content (AvgIpc) is 2.76. The minimum atomic E-state index is -0.898. The third kappa shape index (κ3) is 6.73. The lowest BCUT2D eigenvalue weighted by atomic mass is 10.4. The molecule has 1 aromatic heterocycles. The van der Waals surface area contributed by atoms with Gasteiger partial charge >= 0.3 is 12.0 Å². The van der Waals surface area contributed by atoms with Crippen LogP contribution in [0.4, 0.5) is 4.79 Å². The van der Waals surface area contributed by atoms with E-state index in [1.807, 2.05) is 6.92 Å². The van der Waals surface area contributed by atoms with Crippen molar-refractivity contribution in [3.63, 3.8) is 0 Å². The smallest absolute Gasteiger partial charge is 0.315 e. The lowest BCUT2D eigenvalue weighted by Crippen LogP contribution is -2.36. The van der Waals surface area contributed by atoms with Gasteiger partial charge in [0.1, 0.15) is 0 Å². The number of thiazole rings is 1. The maximum absolute atomic E-state index is 11.4. The highest BCUT2D eigenvalue weighted by molar-refractivity contribution is 7.09. The van der Waals surface area contributed by atoms with E-state index in [1.165, 1.54) is 11.3 Å². The first-order valence-corrected chi connectivity index (χ1v) is 6.67. The standard InChI is InChI=1S/C11H17N3O4S/c1-8-9(19-7-14-8)6-13-11(17)12-3-5-18-4-2-10(15)16/h7H,2-6H2,1H3,(H,15,16)(H2,12,13,17). The van der Waals surface area contributed by atoms with E-state index in [0.29, 0.717) is 19.7 Å². The van der Waals surface area contributed by atoms with Gasteiger partial charge in [-0.05, 0) is 6.92 Å². The van der Waals surface area contributed by atoms with Crippen molar-refractivity contribution in [2.24, 2.45) is 0 Å². The third-order valence-electron chi connectivity index (χ3n) is 2.25. The van der Waals surface area contributed by atoms with E-state index in [1.54, 1.807) is 5.51 Å². The van der Waals surface area contributed by atoms with Gasteiger partial charge < -0.3 is 20.5 Å². The number of hydrogen-bond acceptors (Lipinski definition) is 5. The van der Waals surface area contributed by atoms with Gasteiger partial charge in [-0.15, -0.1) is 11.3 Å². The van der Waals surface area contributed by atoms with Crippen molar-refractivity contribution in [3.8, 4) is 0 Å². The zero-order chi connectivity index (χ0) is 14.1. The van der Waals surface area contributed by atoms with E-state index >= 15 is 0 Å². The molecule has 0 saturated carbocycles. The van der Waals surface area contributed by atoms with Crippen LogP contribution in [0.25, 0.3) is 0 Å². The first-order valence-electron chi connectivity index (χ1n) is 5.80. The molecule has 7 nitrogen and oxygen atoms in total. The van der Waals surface area contributed by atoms with Crippen LogP contribution in [0.5, 0.6) is 0 Å². The lowest BCUT2D eigenvalue weighted by molar-refractivity contribution is -0.138. The van der Waals surface area contributed by atoms with E-state index in [0.717, 1.165) is 10.6 Å². The number of amides is 2. The van der Waals surface area contributed by atoms with Crippen molar-refractivity contribution < 1.29 is 19.4 Å². The minimum Gasteiger partial charge on any atom is -0.481 e.